The molecule has 4 nitrogen and oxygen atoms in total. The number of nitrogens with zero attached hydrogens (tertiary/aromatic N) is 1. The zero-order chi connectivity index (χ0) is 18.5. The third kappa shape index (κ3) is 4.57. The normalized spacial score (nSPS) is 14.7. The summed E-state index contributed by atoms with van der Waals surface area (Å²) < 4.78 is 0. The fourth-order valence-electron chi connectivity index (χ4n) is 4.08. The summed E-state index contributed by atoms with van der Waals surface area (Å²) in [7, 11) is 0. The Morgan fingerprint density at radius 3 is 2.67 bits per heavy atom. The molecule has 1 heterocycles. The van der Waals surface area contributed by atoms with Crippen molar-refractivity contribution in [3.63, 3.8) is 0 Å². The first-order valence-corrected chi connectivity index (χ1v) is 10.1. The number of para-hydroxylation sites is 3. The fraction of sp³-hybridized carbons (Fsp3) is 0.391. The Hall–Kier alpha value is -2.62. The lowest BCUT2D eigenvalue weighted by molar-refractivity contribution is -0.116. The quantitative estimate of drug-likeness (QED) is 0.603. The molecule has 4 rings (SSSR count). The molecule has 1 fully saturated rings. The maximum atomic E-state index is 12.4. The first-order valence-electron chi connectivity index (χ1n) is 10.1. The average molecular weight is 361 g/mol. The molecular weight excluding hydrogens is 334 g/mol. The molecule has 0 saturated heterocycles. The van der Waals surface area contributed by atoms with Crippen LogP contribution in [-0.2, 0) is 17.6 Å². The maximum absolute atomic E-state index is 12.4. The van der Waals surface area contributed by atoms with Crippen LogP contribution in [0.2, 0.25) is 0 Å². The molecule has 3 aromatic rings. The van der Waals surface area contributed by atoms with Gasteiger partial charge in [0.1, 0.15) is 5.82 Å². The summed E-state index contributed by atoms with van der Waals surface area (Å²) in [5.41, 5.74) is 4.17. The van der Waals surface area contributed by atoms with Crippen LogP contribution in [0.5, 0.6) is 0 Å². The Morgan fingerprint density at radius 1 is 1.04 bits per heavy atom. The van der Waals surface area contributed by atoms with Gasteiger partial charge in [-0.05, 0) is 42.5 Å². The molecule has 1 aromatic heterocycles. The highest BCUT2D eigenvalue weighted by molar-refractivity contribution is 5.91. The summed E-state index contributed by atoms with van der Waals surface area (Å²) in [6.07, 6.45) is 8.56. The number of aryl methyl sites for hydroxylation is 2. The van der Waals surface area contributed by atoms with Gasteiger partial charge in [-0.2, -0.15) is 0 Å². The highest BCUT2D eigenvalue weighted by atomic mass is 16.1. The summed E-state index contributed by atoms with van der Waals surface area (Å²) in [5, 5.41) is 3.13. The molecule has 1 aliphatic carbocycles. The van der Waals surface area contributed by atoms with Gasteiger partial charge in [-0.1, -0.05) is 56.0 Å². The Labute approximate surface area is 160 Å². The van der Waals surface area contributed by atoms with Gasteiger partial charge in [-0.15, -0.1) is 0 Å². The number of amides is 1. The van der Waals surface area contributed by atoms with E-state index < -0.39 is 0 Å². The SMILES string of the molecule is O=C(CCC1CCCC1)Nc1ccccc1CCc1nc2ccccc2[nH]1. The molecule has 140 valence electrons. The highest BCUT2D eigenvalue weighted by Crippen LogP contribution is 2.28. The van der Waals surface area contributed by atoms with Crippen LogP contribution >= 0.6 is 0 Å². The fourth-order valence-corrected chi connectivity index (χ4v) is 4.08. The van der Waals surface area contributed by atoms with Crippen LogP contribution in [0, 0.1) is 5.92 Å². The van der Waals surface area contributed by atoms with E-state index in [1.807, 2.05) is 42.5 Å². The predicted octanol–water partition coefficient (Wildman–Crippen LogP) is 5.26. The maximum Gasteiger partial charge on any atom is 0.224 e. The minimum absolute atomic E-state index is 0.137. The summed E-state index contributed by atoms with van der Waals surface area (Å²) in [6.45, 7) is 0. The van der Waals surface area contributed by atoms with Crippen molar-refractivity contribution in [2.24, 2.45) is 5.92 Å². The van der Waals surface area contributed by atoms with Crippen LogP contribution in [0.15, 0.2) is 48.5 Å². The van der Waals surface area contributed by atoms with Gasteiger partial charge in [-0.3, -0.25) is 4.79 Å². The second-order valence-electron chi connectivity index (χ2n) is 7.60. The van der Waals surface area contributed by atoms with Gasteiger partial charge in [-0.25, -0.2) is 4.98 Å². The van der Waals surface area contributed by atoms with Gasteiger partial charge in [0.2, 0.25) is 5.91 Å². The van der Waals surface area contributed by atoms with E-state index >= 15 is 0 Å². The van der Waals surface area contributed by atoms with Crippen LogP contribution in [0.4, 0.5) is 5.69 Å². The minimum atomic E-state index is 0.137. The monoisotopic (exact) mass is 361 g/mol. The van der Waals surface area contributed by atoms with Crippen molar-refractivity contribution in [3.05, 3.63) is 59.9 Å². The second kappa shape index (κ2) is 8.38. The Balaban J connectivity index is 1.36. The van der Waals surface area contributed by atoms with Crippen molar-refractivity contribution >= 4 is 22.6 Å². The van der Waals surface area contributed by atoms with Gasteiger partial charge in [0.05, 0.1) is 11.0 Å². The number of nitrogens with one attached hydrogen (secondary N) is 2. The number of benzene rings is 2. The average Bonchev–Trinajstić information content (AvgIpc) is 3.35. The molecule has 27 heavy (non-hydrogen) atoms. The molecule has 4 heteroatoms. The van der Waals surface area contributed by atoms with E-state index in [9.17, 15) is 4.79 Å². The Bertz CT molecular complexity index is 876. The number of carbonyl (C=O) groups excluding carboxylic acids is 1. The zero-order valence-electron chi connectivity index (χ0n) is 15.7. The number of fused-ring (bicyclic) bond motifs is 1. The van der Waals surface area contributed by atoms with Crippen LogP contribution in [-0.4, -0.2) is 15.9 Å². The molecule has 2 N–H and O–H groups in total. The molecule has 0 spiro atoms. The van der Waals surface area contributed by atoms with Crippen LogP contribution in [0.1, 0.15) is 49.9 Å². The number of H-pyrrole nitrogens is 1. The first kappa shape index (κ1) is 17.8. The zero-order valence-corrected chi connectivity index (χ0v) is 15.7. The number of aromatic amines is 1. The summed E-state index contributed by atoms with van der Waals surface area (Å²) in [5.74, 6) is 1.87. The number of carbonyl (C=O) groups is 1. The number of imidazole rings is 1. The van der Waals surface area contributed by atoms with Crippen molar-refractivity contribution in [2.75, 3.05) is 5.32 Å². The summed E-state index contributed by atoms with van der Waals surface area (Å²) >= 11 is 0. The van der Waals surface area contributed by atoms with Crippen LogP contribution in [0.25, 0.3) is 11.0 Å². The van der Waals surface area contributed by atoms with Crippen molar-refractivity contribution in [1.82, 2.24) is 9.97 Å². The van der Waals surface area contributed by atoms with Crippen LogP contribution < -0.4 is 5.32 Å². The Morgan fingerprint density at radius 2 is 1.81 bits per heavy atom. The largest absolute Gasteiger partial charge is 0.342 e. The Kier molecular flexibility index (Phi) is 5.52. The molecule has 1 amide bonds. The highest BCUT2D eigenvalue weighted by Gasteiger charge is 2.16. The van der Waals surface area contributed by atoms with Gasteiger partial charge in [0, 0.05) is 18.5 Å². The lowest BCUT2D eigenvalue weighted by atomic mass is 10.0. The van der Waals surface area contributed by atoms with Crippen LogP contribution in [0.3, 0.4) is 0 Å². The predicted molar refractivity (Wildman–Crippen MR) is 110 cm³/mol. The van der Waals surface area contributed by atoms with Crippen molar-refractivity contribution in [1.29, 1.82) is 0 Å². The van der Waals surface area contributed by atoms with E-state index in [1.165, 1.54) is 25.7 Å². The second-order valence-corrected chi connectivity index (χ2v) is 7.60. The standard InChI is InChI=1S/C23H27N3O/c27-23(16-13-17-7-1-2-8-17)26-19-10-4-3-9-18(19)14-15-22-24-20-11-5-6-12-21(20)25-22/h3-6,9-12,17H,1-2,7-8,13-16H2,(H,24,25)(H,26,27). The molecule has 0 bridgehead atoms. The van der Waals surface area contributed by atoms with E-state index in [-0.39, 0.29) is 5.91 Å². The van der Waals surface area contributed by atoms with E-state index in [0.717, 1.165) is 53.3 Å². The topological polar surface area (TPSA) is 57.8 Å². The number of hydrogen-bond acceptors (Lipinski definition) is 2. The number of rotatable bonds is 7. The van der Waals surface area contributed by atoms with Crippen molar-refractivity contribution in [2.45, 2.75) is 51.4 Å². The first-order chi connectivity index (χ1) is 13.3. The molecular formula is C23H27N3O. The summed E-state index contributed by atoms with van der Waals surface area (Å²) in [6, 6.07) is 16.2. The third-order valence-electron chi connectivity index (χ3n) is 5.62. The van der Waals surface area contributed by atoms with Gasteiger partial charge in [0.25, 0.3) is 0 Å². The van der Waals surface area contributed by atoms with Gasteiger partial charge >= 0.3 is 0 Å². The van der Waals surface area contributed by atoms with E-state index in [4.69, 9.17) is 0 Å². The van der Waals surface area contributed by atoms with Gasteiger partial charge in [0.15, 0.2) is 0 Å². The lowest BCUT2D eigenvalue weighted by Gasteiger charge is -2.12. The minimum Gasteiger partial charge on any atom is -0.342 e. The molecule has 0 unspecified atom stereocenters. The molecule has 0 aliphatic heterocycles. The number of aromatic nitrogens is 2. The van der Waals surface area contributed by atoms with Gasteiger partial charge < -0.3 is 10.3 Å². The number of anilines is 1. The number of hydrogen-bond donors (Lipinski definition) is 2. The molecule has 1 aliphatic rings. The van der Waals surface area contributed by atoms with Crippen molar-refractivity contribution < 1.29 is 4.79 Å². The smallest absolute Gasteiger partial charge is 0.224 e. The lowest BCUT2D eigenvalue weighted by Crippen LogP contribution is -2.14. The molecule has 0 radical (unpaired) electrons. The van der Waals surface area contributed by atoms with E-state index in [2.05, 4.69) is 21.4 Å². The van der Waals surface area contributed by atoms with E-state index in [1.54, 1.807) is 0 Å². The van der Waals surface area contributed by atoms with Crippen molar-refractivity contribution in [3.8, 4) is 0 Å². The molecule has 2 aromatic carbocycles. The molecule has 1 saturated carbocycles. The molecule has 0 atom stereocenters. The summed E-state index contributed by atoms with van der Waals surface area (Å²) in [4.78, 5) is 20.4. The van der Waals surface area contributed by atoms with E-state index in [0.29, 0.717) is 6.42 Å². The third-order valence-corrected chi connectivity index (χ3v) is 5.62.